The second kappa shape index (κ2) is 5.68. The summed E-state index contributed by atoms with van der Waals surface area (Å²) in [6.07, 6.45) is 0. The van der Waals surface area contributed by atoms with Crippen molar-refractivity contribution in [1.29, 1.82) is 0 Å². The van der Waals surface area contributed by atoms with E-state index in [9.17, 15) is 8.42 Å². The van der Waals surface area contributed by atoms with Crippen molar-refractivity contribution in [1.82, 2.24) is 9.40 Å². The van der Waals surface area contributed by atoms with Gasteiger partial charge in [-0.1, -0.05) is 19.1 Å². The highest BCUT2D eigenvalue weighted by molar-refractivity contribution is 7.89. The lowest BCUT2D eigenvalue weighted by Gasteiger charge is -2.16. The van der Waals surface area contributed by atoms with Gasteiger partial charge < -0.3 is 0 Å². The van der Waals surface area contributed by atoms with Gasteiger partial charge in [0.15, 0.2) is 0 Å². The predicted octanol–water partition coefficient (Wildman–Crippen LogP) is 2.28. The molecule has 6 heteroatoms. The number of anilines is 1. The Morgan fingerprint density at radius 2 is 1.65 bits per heavy atom. The summed E-state index contributed by atoms with van der Waals surface area (Å²) in [6, 6.07) is 10.8. The third kappa shape index (κ3) is 2.86. The minimum atomic E-state index is -3.50. The molecule has 1 aromatic heterocycles. The van der Waals surface area contributed by atoms with Crippen LogP contribution in [-0.2, 0) is 10.0 Å². The molecule has 0 fully saturated rings. The van der Waals surface area contributed by atoms with E-state index in [-0.39, 0.29) is 4.90 Å². The molecule has 2 aromatic rings. The Kier molecular flexibility index (Phi) is 4.15. The van der Waals surface area contributed by atoms with Crippen LogP contribution in [0.4, 0.5) is 5.69 Å². The Morgan fingerprint density at radius 3 is 2.25 bits per heavy atom. The topological polar surface area (TPSA) is 63.1 Å². The zero-order valence-electron chi connectivity index (χ0n) is 11.8. The van der Waals surface area contributed by atoms with Gasteiger partial charge in [0.25, 0.3) is 0 Å². The van der Waals surface area contributed by atoms with Crippen LogP contribution in [0.15, 0.2) is 41.3 Å². The lowest BCUT2D eigenvalue weighted by atomic mass is 10.3. The molecule has 0 spiro atoms. The number of aromatic nitrogens is 1. The van der Waals surface area contributed by atoms with Crippen LogP contribution in [0.2, 0.25) is 0 Å². The highest BCUT2D eigenvalue weighted by atomic mass is 32.2. The molecular formula is C14H19N3O2S. The van der Waals surface area contributed by atoms with Crippen LogP contribution in [-0.4, -0.2) is 19.6 Å². The van der Waals surface area contributed by atoms with Crippen molar-refractivity contribution in [3.63, 3.8) is 0 Å². The van der Waals surface area contributed by atoms with Crippen LogP contribution >= 0.6 is 0 Å². The normalized spacial score (nSPS) is 11.6. The molecule has 0 unspecified atom stereocenters. The number of benzene rings is 1. The maximum absolute atomic E-state index is 12.2. The number of para-hydroxylation sites is 1. The van der Waals surface area contributed by atoms with Crippen LogP contribution in [0.5, 0.6) is 0 Å². The summed E-state index contributed by atoms with van der Waals surface area (Å²) in [5.41, 5.74) is 5.73. The zero-order valence-corrected chi connectivity index (χ0v) is 12.7. The third-order valence-corrected chi connectivity index (χ3v) is 4.62. The molecule has 1 heterocycles. The van der Waals surface area contributed by atoms with E-state index in [4.69, 9.17) is 0 Å². The predicted molar refractivity (Wildman–Crippen MR) is 80.2 cm³/mol. The highest BCUT2D eigenvalue weighted by Crippen LogP contribution is 2.21. The quantitative estimate of drug-likeness (QED) is 0.889. The van der Waals surface area contributed by atoms with Crippen LogP contribution in [0.3, 0.4) is 0 Å². The lowest BCUT2D eigenvalue weighted by Crippen LogP contribution is -2.25. The zero-order chi connectivity index (χ0) is 14.8. The molecule has 0 bridgehead atoms. The minimum absolute atomic E-state index is 0.245. The number of hydrogen-bond acceptors (Lipinski definition) is 3. The van der Waals surface area contributed by atoms with E-state index in [0.717, 1.165) is 11.4 Å². The molecule has 108 valence electrons. The van der Waals surface area contributed by atoms with Crippen molar-refractivity contribution in [3.8, 4) is 0 Å². The second-order valence-electron chi connectivity index (χ2n) is 4.56. The molecule has 0 aliphatic rings. The fourth-order valence-electron chi connectivity index (χ4n) is 2.03. The van der Waals surface area contributed by atoms with Gasteiger partial charge in [-0.3, -0.25) is 10.1 Å². The van der Waals surface area contributed by atoms with Gasteiger partial charge in [-0.2, -0.15) is 0 Å². The van der Waals surface area contributed by atoms with Gasteiger partial charge in [-0.05, 0) is 38.1 Å². The summed E-state index contributed by atoms with van der Waals surface area (Å²) in [6.45, 7) is 6.04. The summed E-state index contributed by atoms with van der Waals surface area (Å²) in [4.78, 5) is 0.245. The molecule has 0 aliphatic carbocycles. The smallest absolute Gasteiger partial charge is 0.242 e. The van der Waals surface area contributed by atoms with Crippen LogP contribution in [0, 0.1) is 13.8 Å². The van der Waals surface area contributed by atoms with E-state index in [1.807, 2.05) is 36.7 Å². The molecular weight excluding hydrogens is 274 g/mol. The van der Waals surface area contributed by atoms with Gasteiger partial charge in [-0.15, -0.1) is 0 Å². The van der Waals surface area contributed by atoms with Gasteiger partial charge in [0.1, 0.15) is 4.90 Å². The Morgan fingerprint density at radius 1 is 1.05 bits per heavy atom. The van der Waals surface area contributed by atoms with E-state index in [1.165, 1.54) is 0 Å². The molecule has 2 N–H and O–H groups in total. The van der Waals surface area contributed by atoms with Crippen molar-refractivity contribution in [2.75, 3.05) is 12.0 Å². The minimum Gasteiger partial charge on any atom is -0.293 e. The van der Waals surface area contributed by atoms with Gasteiger partial charge in [0.05, 0.1) is 5.69 Å². The molecule has 1 aromatic carbocycles. The molecule has 20 heavy (non-hydrogen) atoms. The fraction of sp³-hybridized carbons (Fsp3) is 0.286. The second-order valence-corrected chi connectivity index (χ2v) is 6.30. The number of sulfonamides is 1. The van der Waals surface area contributed by atoms with Gasteiger partial charge in [-0.25, -0.2) is 13.1 Å². The molecule has 0 saturated carbocycles. The molecule has 0 radical (unpaired) electrons. The first kappa shape index (κ1) is 14.6. The molecule has 0 aliphatic heterocycles. The average molecular weight is 293 g/mol. The lowest BCUT2D eigenvalue weighted by molar-refractivity contribution is 0.584. The summed E-state index contributed by atoms with van der Waals surface area (Å²) in [5, 5.41) is 0. The van der Waals surface area contributed by atoms with Crippen molar-refractivity contribution in [2.24, 2.45) is 0 Å². The first-order valence-corrected chi connectivity index (χ1v) is 7.94. The number of hydrogen-bond donors (Lipinski definition) is 2. The number of nitrogens with one attached hydrogen (secondary N) is 2. The largest absolute Gasteiger partial charge is 0.293 e. The van der Waals surface area contributed by atoms with Crippen molar-refractivity contribution < 1.29 is 8.42 Å². The standard InChI is InChI=1S/C14H19N3O2S/c1-4-15-20(18,19)14-8-6-5-7-13(14)16-17-11(2)9-10-12(17)3/h5-10,15-16H,4H2,1-3H3. The van der Waals surface area contributed by atoms with Gasteiger partial charge in [0.2, 0.25) is 10.0 Å². The summed E-state index contributed by atoms with van der Waals surface area (Å²) in [5.74, 6) is 0. The maximum atomic E-state index is 12.2. The molecule has 0 amide bonds. The van der Waals surface area contributed by atoms with E-state index >= 15 is 0 Å². The van der Waals surface area contributed by atoms with Crippen LogP contribution in [0.1, 0.15) is 18.3 Å². The van der Waals surface area contributed by atoms with Crippen LogP contribution < -0.4 is 10.1 Å². The average Bonchev–Trinajstić information content (AvgIpc) is 2.71. The summed E-state index contributed by atoms with van der Waals surface area (Å²) < 4.78 is 28.8. The Bertz CT molecular complexity index is 685. The Balaban J connectivity index is 2.44. The fourth-order valence-corrected chi connectivity index (χ4v) is 3.22. The Hall–Kier alpha value is -1.79. The SMILES string of the molecule is CCNS(=O)(=O)c1ccccc1Nn1c(C)ccc1C. The van der Waals surface area contributed by atoms with Gasteiger partial charge in [0, 0.05) is 17.9 Å². The van der Waals surface area contributed by atoms with E-state index < -0.39 is 10.0 Å². The van der Waals surface area contributed by atoms with E-state index in [0.29, 0.717) is 12.2 Å². The van der Waals surface area contributed by atoms with E-state index in [1.54, 1.807) is 25.1 Å². The Labute approximate surface area is 119 Å². The van der Waals surface area contributed by atoms with Gasteiger partial charge >= 0.3 is 0 Å². The maximum Gasteiger partial charge on any atom is 0.242 e. The first-order valence-electron chi connectivity index (χ1n) is 6.46. The summed E-state index contributed by atoms with van der Waals surface area (Å²) in [7, 11) is -3.50. The van der Waals surface area contributed by atoms with Crippen molar-refractivity contribution in [3.05, 3.63) is 47.8 Å². The third-order valence-electron chi connectivity index (χ3n) is 3.01. The molecule has 0 saturated heterocycles. The molecule has 5 nitrogen and oxygen atoms in total. The number of nitrogens with zero attached hydrogens (tertiary/aromatic N) is 1. The van der Waals surface area contributed by atoms with Crippen molar-refractivity contribution in [2.45, 2.75) is 25.7 Å². The van der Waals surface area contributed by atoms with E-state index in [2.05, 4.69) is 10.1 Å². The number of rotatable bonds is 5. The highest BCUT2D eigenvalue weighted by Gasteiger charge is 2.17. The molecule has 0 atom stereocenters. The first-order chi connectivity index (χ1) is 9.45. The monoisotopic (exact) mass is 293 g/mol. The molecule has 2 rings (SSSR count). The van der Waals surface area contributed by atoms with Crippen LogP contribution in [0.25, 0.3) is 0 Å². The summed E-state index contributed by atoms with van der Waals surface area (Å²) >= 11 is 0. The van der Waals surface area contributed by atoms with Crippen molar-refractivity contribution >= 4 is 15.7 Å². The number of aryl methyl sites for hydroxylation is 2.